The predicted octanol–water partition coefficient (Wildman–Crippen LogP) is 1.95. The normalized spacial score (nSPS) is 39.0. The lowest BCUT2D eigenvalue weighted by Crippen LogP contribution is -2.75. The Morgan fingerprint density at radius 2 is 1.97 bits per heavy atom. The highest BCUT2D eigenvalue weighted by Crippen LogP contribution is 2.53. The minimum absolute atomic E-state index is 0.0666. The van der Waals surface area contributed by atoms with E-state index in [9.17, 15) is 14.7 Å². The molecule has 0 saturated carbocycles. The molecule has 0 aromatic carbocycles. The predicted molar refractivity (Wildman–Crippen MR) is 107 cm³/mol. The van der Waals surface area contributed by atoms with Gasteiger partial charge < -0.3 is 33.5 Å². The van der Waals surface area contributed by atoms with Gasteiger partial charge in [0.2, 0.25) is 11.7 Å². The molecule has 3 aliphatic rings. The number of hydrogen-bond acceptors (Lipinski definition) is 9. The van der Waals surface area contributed by atoms with Gasteiger partial charge in [-0.15, -0.1) is 0 Å². The van der Waals surface area contributed by atoms with Crippen LogP contribution in [0.2, 0.25) is 0 Å². The number of nitrogens with zero attached hydrogens (tertiary/aromatic N) is 1. The summed E-state index contributed by atoms with van der Waals surface area (Å²) in [5, 5.41) is 12.0. The zero-order valence-electron chi connectivity index (χ0n) is 18.8. The van der Waals surface area contributed by atoms with E-state index in [1.165, 1.54) is 7.11 Å². The van der Waals surface area contributed by atoms with Crippen molar-refractivity contribution in [1.82, 2.24) is 4.42 Å². The fourth-order valence-electron chi connectivity index (χ4n) is 4.27. The number of ether oxygens (including phenoxy) is 6. The minimum atomic E-state index is -1.85. The van der Waals surface area contributed by atoms with Crippen LogP contribution in [-0.2, 0) is 33.2 Å². The third-order valence-electron chi connectivity index (χ3n) is 5.87. The topological polar surface area (TPSA) is 116 Å². The van der Waals surface area contributed by atoms with Gasteiger partial charge in [0.25, 0.3) is 0 Å². The van der Waals surface area contributed by atoms with Gasteiger partial charge in [0, 0.05) is 25.8 Å². The van der Waals surface area contributed by atoms with E-state index in [1.807, 2.05) is 0 Å². The van der Waals surface area contributed by atoms with Gasteiger partial charge in [0.1, 0.15) is 18.8 Å². The van der Waals surface area contributed by atoms with Crippen molar-refractivity contribution in [3.63, 3.8) is 0 Å². The fraction of sp³-hybridized carbons (Fsp3) is 0.900. The summed E-state index contributed by atoms with van der Waals surface area (Å²) in [4.78, 5) is 23.6. The number of epoxide rings is 1. The Balaban J connectivity index is 1.88. The zero-order chi connectivity index (χ0) is 23.2. The van der Waals surface area contributed by atoms with Crippen LogP contribution in [-0.4, -0.2) is 83.4 Å². The highest BCUT2D eigenvalue weighted by atomic mass is 35.5. The second-order valence-corrected chi connectivity index (χ2v) is 9.46. The van der Waals surface area contributed by atoms with Crippen LogP contribution in [0, 0.1) is 5.92 Å². The summed E-state index contributed by atoms with van der Waals surface area (Å²) in [5.74, 6) is -2.84. The monoisotopic (exact) mass is 465 g/mol. The lowest BCUT2D eigenvalue weighted by molar-refractivity contribution is -0.382. The first-order chi connectivity index (χ1) is 14.4. The van der Waals surface area contributed by atoms with E-state index < -0.39 is 47.5 Å². The summed E-state index contributed by atoms with van der Waals surface area (Å²) >= 11 is 5.67. The van der Waals surface area contributed by atoms with Gasteiger partial charge in [-0.25, -0.2) is 4.79 Å². The smallest absolute Gasteiger partial charge is 0.432 e. The molecule has 178 valence electrons. The highest BCUT2D eigenvalue weighted by molar-refractivity contribution is 6.28. The summed E-state index contributed by atoms with van der Waals surface area (Å²) in [5.41, 5.74) is -1.85. The first-order valence-corrected chi connectivity index (χ1v) is 10.8. The molecule has 2 amide bonds. The number of carbonyl (C=O) groups excluding carboxylic acids is 2. The standard InChI is InChI=1S/C20H32ClNO9/c1-11(2)7-8-13-16(29-13)20(25)15(26-6)14(30-17(24)22(21)12(3)23)9-27-19(20)10-28-18(4,5)31-19/h11,13-16,25H,7-10H2,1-6H3/t13?,14-,15-,16?,19+,20+/m1/s1. The summed E-state index contributed by atoms with van der Waals surface area (Å²) < 4.78 is 34.9. The molecule has 0 aromatic rings. The second kappa shape index (κ2) is 8.74. The second-order valence-electron chi connectivity index (χ2n) is 9.12. The molecular formula is C20H32ClNO9. The molecular weight excluding hydrogens is 434 g/mol. The first-order valence-electron chi connectivity index (χ1n) is 10.4. The van der Waals surface area contributed by atoms with Crippen molar-refractivity contribution < 1.29 is 43.1 Å². The van der Waals surface area contributed by atoms with Crippen LogP contribution in [0.3, 0.4) is 0 Å². The minimum Gasteiger partial charge on any atom is -0.440 e. The molecule has 3 saturated heterocycles. The summed E-state index contributed by atoms with van der Waals surface area (Å²) in [6, 6.07) is 0. The van der Waals surface area contributed by atoms with E-state index in [0.717, 1.165) is 19.8 Å². The number of hydrogen-bond donors (Lipinski definition) is 1. The quantitative estimate of drug-likeness (QED) is 0.464. The lowest BCUT2D eigenvalue weighted by atomic mass is 9.77. The molecule has 0 aliphatic carbocycles. The van der Waals surface area contributed by atoms with Gasteiger partial charge in [-0.1, -0.05) is 13.8 Å². The van der Waals surface area contributed by atoms with Crippen LogP contribution in [0.4, 0.5) is 4.79 Å². The van der Waals surface area contributed by atoms with Gasteiger partial charge in [-0.2, -0.15) is 4.42 Å². The Hall–Kier alpha value is -1.01. The van der Waals surface area contributed by atoms with E-state index in [0.29, 0.717) is 10.3 Å². The number of carbonyl (C=O) groups is 2. The fourth-order valence-corrected chi connectivity index (χ4v) is 4.31. The SMILES string of the molecule is CO[C@@H]1[C@H](OC(=O)N(Cl)C(C)=O)CO[C@]2(COC(C)(C)O2)[C@@]1(O)C1OC1CCC(C)C. The first kappa shape index (κ1) is 24.6. The molecule has 0 bridgehead atoms. The van der Waals surface area contributed by atoms with Crippen molar-refractivity contribution in [2.75, 3.05) is 20.3 Å². The molecule has 1 N–H and O–H groups in total. The van der Waals surface area contributed by atoms with Crippen molar-refractivity contribution in [1.29, 1.82) is 0 Å². The van der Waals surface area contributed by atoms with Crippen LogP contribution in [0.15, 0.2) is 0 Å². The molecule has 6 atom stereocenters. The third-order valence-corrected chi connectivity index (χ3v) is 6.25. The van der Waals surface area contributed by atoms with E-state index in [4.69, 9.17) is 40.2 Å². The molecule has 3 rings (SSSR count). The summed E-state index contributed by atoms with van der Waals surface area (Å²) in [7, 11) is 1.38. The molecule has 3 aliphatic heterocycles. The van der Waals surface area contributed by atoms with Crippen LogP contribution >= 0.6 is 11.8 Å². The van der Waals surface area contributed by atoms with Gasteiger partial charge in [-0.05, 0) is 32.6 Å². The maximum atomic E-state index is 12.2. The molecule has 10 nitrogen and oxygen atoms in total. The largest absolute Gasteiger partial charge is 0.440 e. The number of rotatable bonds is 6. The van der Waals surface area contributed by atoms with Crippen molar-refractivity contribution >= 4 is 23.8 Å². The number of halogens is 1. The molecule has 0 radical (unpaired) electrons. The molecule has 31 heavy (non-hydrogen) atoms. The molecule has 3 fully saturated rings. The van der Waals surface area contributed by atoms with Gasteiger partial charge in [0.15, 0.2) is 17.5 Å². The Kier molecular flexibility index (Phi) is 6.94. The highest BCUT2D eigenvalue weighted by Gasteiger charge is 2.76. The Morgan fingerprint density at radius 3 is 2.48 bits per heavy atom. The van der Waals surface area contributed by atoms with Crippen LogP contribution in [0.1, 0.15) is 47.5 Å². The van der Waals surface area contributed by atoms with Crippen molar-refractivity contribution in [3.05, 3.63) is 0 Å². The van der Waals surface area contributed by atoms with Gasteiger partial charge in [0.05, 0.1) is 12.7 Å². The molecule has 3 heterocycles. The van der Waals surface area contributed by atoms with Crippen LogP contribution in [0.5, 0.6) is 0 Å². The lowest BCUT2D eigenvalue weighted by Gasteiger charge is -2.51. The Bertz CT molecular complexity index is 704. The average molecular weight is 466 g/mol. The molecule has 1 spiro atoms. The number of imide groups is 1. The van der Waals surface area contributed by atoms with Crippen LogP contribution < -0.4 is 0 Å². The van der Waals surface area contributed by atoms with Crippen molar-refractivity contribution in [2.45, 2.75) is 89.1 Å². The van der Waals surface area contributed by atoms with E-state index >= 15 is 0 Å². The van der Waals surface area contributed by atoms with E-state index in [-0.39, 0.29) is 19.3 Å². The molecule has 11 heteroatoms. The third kappa shape index (κ3) is 4.57. The van der Waals surface area contributed by atoms with Gasteiger partial charge in [-0.3, -0.25) is 4.79 Å². The molecule has 0 aromatic heterocycles. The van der Waals surface area contributed by atoms with Crippen molar-refractivity contribution in [3.8, 4) is 0 Å². The van der Waals surface area contributed by atoms with Gasteiger partial charge >= 0.3 is 6.09 Å². The number of methoxy groups -OCH3 is 1. The summed E-state index contributed by atoms with van der Waals surface area (Å²) in [6.07, 6.45) is -2.55. The number of aliphatic hydroxyl groups is 1. The summed E-state index contributed by atoms with van der Waals surface area (Å²) in [6.45, 7) is 8.51. The number of amides is 2. The van der Waals surface area contributed by atoms with Crippen LogP contribution in [0.25, 0.3) is 0 Å². The molecule has 2 unspecified atom stereocenters. The zero-order valence-corrected chi connectivity index (χ0v) is 19.5. The van der Waals surface area contributed by atoms with E-state index in [2.05, 4.69) is 13.8 Å². The van der Waals surface area contributed by atoms with E-state index in [1.54, 1.807) is 13.8 Å². The maximum Gasteiger partial charge on any atom is 0.432 e. The van der Waals surface area contributed by atoms with Crippen molar-refractivity contribution in [2.24, 2.45) is 5.92 Å². The Labute approximate surface area is 187 Å². The Morgan fingerprint density at radius 1 is 1.29 bits per heavy atom. The maximum absolute atomic E-state index is 12.2. The average Bonchev–Trinajstić information content (AvgIpc) is 3.40.